The molecule has 0 aliphatic carbocycles. The van der Waals surface area contributed by atoms with Crippen LogP contribution >= 0.6 is 0 Å². The van der Waals surface area contributed by atoms with Gasteiger partial charge in [0.05, 0.1) is 50.6 Å². The molecule has 3 aromatic heterocycles. The molecule has 0 saturated carbocycles. The van der Waals surface area contributed by atoms with Gasteiger partial charge < -0.3 is 9.13 Å². The molecule has 0 N–H and O–H groups in total. The summed E-state index contributed by atoms with van der Waals surface area (Å²) in [4.78, 5) is 15.5. The van der Waals surface area contributed by atoms with Crippen LogP contribution in [0.25, 0.3) is 100 Å². The van der Waals surface area contributed by atoms with Gasteiger partial charge in [0.15, 0.2) is 17.5 Å². The van der Waals surface area contributed by atoms with Crippen LogP contribution in [0.4, 0.5) is 13.2 Å². The SMILES string of the molecule is Cc1ccc2c(c1)c1cc(C)ccc1n2-c1cc(-c2cccc(C#N)c2)ccc1-c1nc(-c2ccccc2)nc(-c2ccc(C(F)(F)F)cc2-n2c3ccc(C)cc3c3cc(C)ccc32)n1. The minimum Gasteiger partial charge on any atom is -0.308 e. The van der Waals surface area contributed by atoms with E-state index in [0.29, 0.717) is 33.9 Å². The van der Waals surface area contributed by atoms with Crippen molar-refractivity contribution in [3.63, 3.8) is 0 Å². The second-order valence-electron chi connectivity index (χ2n) is 17.1. The highest BCUT2D eigenvalue weighted by atomic mass is 19.4. The Morgan fingerprint density at radius 3 is 1.35 bits per heavy atom. The second-order valence-corrected chi connectivity index (χ2v) is 17.1. The standard InChI is InChI=1S/C57H39F3N6/c1-33-13-21-48-44(25-33)45-26-34(2)14-22-49(45)65(48)52-30-40(39-12-8-9-37(29-39)32-61)17-19-42(52)55-62-54(38-10-6-5-7-11-38)63-56(64-55)43-20-18-41(57(58,59)60)31-53(43)66-50-23-15-35(3)27-46(50)47-28-36(4)16-24-51(47)66/h5-31H,1-4H3. The van der Waals surface area contributed by atoms with Crippen molar-refractivity contribution in [1.82, 2.24) is 24.1 Å². The Bertz CT molecular complexity index is 3700. The van der Waals surface area contributed by atoms with Gasteiger partial charge in [-0.25, -0.2) is 15.0 Å². The van der Waals surface area contributed by atoms with E-state index in [0.717, 1.165) is 88.7 Å². The molecule has 0 fully saturated rings. The Balaban J connectivity index is 1.24. The van der Waals surface area contributed by atoms with Crippen molar-refractivity contribution in [1.29, 1.82) is 5.26 Å². The molecular weight excluding hydrogens is 826 g/mol. The summed E-state index contributed by atoms with van der Waals surface area (Å²) >= 11 is 0. The zero-order chi connectivity index (χ0) is 45.4. The molecule has 318 valence electrons. The molecular formula is C57H39F3N6. The van der Waals surface area contributed by atoms with Crippen molar-refractivity contribution in [2.75, 3.05) is 0 Å². The van der Waals surface area contributed by atoms with Crippen LogP contribution in [0.5, 0.6) is 0 Å². The molecule has 9 heteroatoms. The Hall–Kier alpha value is -8.35. The molecule has 11 rings (SSSR count). The molecule has 0 spiro atoms. The van der Waals surface area contributed by atoms with Gasteiger partial charge in [-0.2, -0.15) is 18.4 Å². The van der Waals surface area contributed by atoms with E-state index in [2.05, 4.69) is 79.1 Å². The van der Waals surface area contributed by atoms with Gasteiger partial charge in [0.25, 0.3) is 0 Å². The summed E-state index contributed by atoms with van der Waals surface area (Å²) in [5, 5.41) is 13.9. The smallest absolute Gasteiger partial charge is 0.308 e. The van der Waals surface area contributed by atoms with E-state index in [9.17, 15) is 18.4 Å². The topological polar surface area (TPSA) is 72.3 Å². The summed E-state index contributed by atoms with van der Waals surface area (Å²) in [6.07, 6.45) is -4.62. The van der Waals surface area contributed by atoms with Crippen LogP contribution in [-0.2, 0) is 6.18 Å². The largest absolute Gasteiger partial charge is 0.416 e. The Morgan fingerprint density at radius 1 is 0.424 bits per heavy atom. The van der Waals surface area contributed by atoms with Crippen molar-refractivity contribution < 1.29 is 13.2 Å². The van der Waals surface area contributed by atoms with E-state index in [1.807, 2.05) is 103 Å². The van der Waals surface area contributed by atoms with Gasteiger partial charge in [-0.05, 0) is 130 Å². The van der Waals surface area contributed by atoms with Crippen molar-refractivity contribution in [3.05, 3.63) is 197 Å². The predicted octanol–water partition coefficient (Wildman–Crippen LogP) is 14.9. The molecule has 6 nitrogen and oxygen atoms in total. The van der Waals surface area contributed by atoms with Crippen LogP contribution in [0.2, 0.25) is 0 Å². The average molecular weight is 865 g/mol. The Kier molecular flexibility index (Phi) is 9.45. The fourth-order valence-corrected chi connectivity index (χ4v) is 9.29. The number of rotatable bonds is 6. The first-order valence-electron chi connectivity index (χ1n) is 21.6. The average Bonchev–Trinajstić information content (AvgIpc) is 3.81. The summed E-state index contributed by atoms with van der Waals surface area (Å²) in [7, 11) is 0. The van der Waals surface area contributed by atoms with Gasteiger partial charge in [0.2, 0.25) is 0 Å². The van der Waals surface area contributed by atoms with Gasteiger partial charge >= 0.3 is 6.18 Å². The molecule has 66 heavy (non-hydrogen) atoms. The highest BCUT2D eigenvalue weighted by molar-refractivity contribution is 6.11. The van der Waals surface area contributed by atoms with Crippen molar-refractivity contribution in [2.24, 2.45) is 0 Å². The summed E-state index contributed by atoms with van der Waals surface area (Å²) < 4.78 is 48.6. The van der Waals surface area contributed by atoms with Crippen molar-refractivity contribution in [3.8, 4) is 62.7 Å². The van der Waals surface area contributed by atoms with E-state index in [1.165, 1.54) is 12.1 Å². The molecule has 0 unspecified atom stereocenters. The molecule has 0 bridgehead atoms. The maximum Gasteiger partial charge on any atom is 0.416 e. The minimum atomic E-state index is -4.62. The first-order valence-corrected chi connectivity index (χ1v) is 21.6. The lowest BCUT2D eigenvalue weighted by Crippen LogP contribution is -2.09. The lowest BCUT2D eigenvalue weighted by molar-refractivity contribution is -0.137. The lowest BCUT2D eigenvalue weighted by Gasteiger charge is -2.18. The van der Waals surface area contributed by atoms with Crippen LogP contribution in [0.15, 0.2) is 164 Å². The van der Waals surface area contributed by atoms with E-state index in [-0.39, 0.29) is 11.5 Å². The maximum atomic E-state index is 14.8. The fraction of sp³-hybridized carbons (Fsp3) is 0.0877. The third-order valence-corrected chi connectivity index (χ3v) is 12.4. The summed E-state index contributed by atoms with van der Waals surface area (Å²) in [6.45, 7) is 8.19. The van der Waals surface area contributed by atoms with Crippen LogP contribution in [0.1, 0.15) is 33.4 Å². The number of aryl methyl sites for hydroxylation is 4. The summed E-state index contributed by atoms with van der Waals surface area (Å²) in [6, 6.07) is 54.1. The molecule has 11 aromatic rings. The lowest BCUT2D eigenvalue weighted by atomic mass is 9.99. The normalized spacial score (nSPS) is 11.8. The maximum absolute atomic E-state index is 14.8. The Labute approximate surface area is 378 Å². The van der Waals surface area contributed by atoms with Gasteiger partial charge in [-0.15, -0.1) is 0 Å². The number of hydrogen-bond acceptors (Lipinski definition) is 4. The number of benzene rings is 8. The van der Waals surface area contributed by atoms with Gasteiger partial charge in [0.1, 0.15) is 0 Å². The zero-order valence-corrected chi connectivity index (χ0v) is 36.4. The predicted molar refractivity (Wildman–Crippen MR) is 259 cm³/mol. The molecule has 0 radical (unpaired) electrons. The summed E-state index contributed by atoms with van der Waals surface area (Å²) in [5.74, 6) is 0.905. The van der Waals surface area contributed by atoms with Crippen molar-refractivity contribution >= 4 is 43.6 Å². The van der Waals surface area contributed by atoms with Crippen molar-refractivity contribution in [2.45, 2.75) is 33.9 Å². The monoisotopic (exact) mass is 864 g/mol. The molecule has 0 aliphatic rings. The van der Waals surface area contributed by atoms with Crippen LogP contribution in [0.3, 0.4) is 0 Å². The van der Waals surface area contributed by atoms with E-state index in [4.69, 9.17) is 15.0 Å². The Morgan fingerprint density at radius 2 is 0.864 bits per heavy atom. The number of alkyl halides is 3. The molecule has 3 heterocycles. The number of hydrogen-bond donors (Lipinski definition) is 0. The van der Waals surface area contributed by atoms with Crippen LogP contribution in [0, 0.1) is 39.0 Å². The molecule has 0 amide bonds. The molecule has 0 aliphatic heterocycles. The van der Waals surface area contributed by atoms with Gasteiger partial charge in [-0.3, -0.25) is 0 Å². The first kappa shape index (κ1) is 40.4. The number of nitrogens with zero attached hydrogens (tertiary/aromatic N) is 6. The van der Waals surface area contributed by atoms with Crippen LogP contribution in [-0.4, -0.2) is 24.1 Å². The van der Waals surface area contributed by atoms with E-state index < -0.39 is 11.7 Å². The highest BCUT2D eigenvalue weighted by Gasteiger charge is 2.32. The number of aromatic nitrogens is 5. The van der Waals surface area contributed by atoms with Gasteiger partial charge in [-0.1, -0.05) is 95.1 Å². The second kappa shape index (κ2) is 15.4. The third kappa shape index (κ3) is 6.86. The fourth-order valence-electron chi connectivity index (χ4n) is 9.29. The van der Waals surface area contributed by atoms with E-state index >= 15 is 0 Å². The third-order valence-electron chi connectivity index (χ3n) is 12.4. The highest BCUT2D eigenvalue weighted by Crippen LogP contribution is 2.42. The minimum absolute atomic E-state index is 0.210. The van der Waals surface area contributed by atoms with Crippen LogP contribution < -0.4 is 0 Å². The van der Waals surface area contributed by atoms with E-state index in [1.54, 1.807) is 6.07 Å². The summed E-state index contributed by atoms with van der Waals surface area (Å²) in [5.41, 5.74) is 12.1. The molecule has 0 saturated heterocycles. The first-order chi connectivity index (χ1) is 31.9. The van der Waals surface area contributed by atoms with Gasteiger partial charge in [0, 0.05) is 38.2 Å². The number of fused-ring (bicyclic) bond motifs is 6. The quantitative estimate of drug-likeness (QED) is 0.167. The number of halogens is 3. The molecule has 8 aromatic carbocycles. The molecule has 0 atom stereocenters. The zero-order valence-electron chi connectivity index (χ0n) is 36.4. The number of nitriles is 1.